The molecule has 2 aromatic heterocycles. The number of anilines is 2. The number of methoxy groups -OCH3 is 1. The van der Waals surface area contributed by atoms with Crippen molar-refractivity contribution >= 4 is 28.1 Å². The number of primary amides is 1. The van der Waals surface area contributed by atoms with Crippen LogP contribution in [0.1, 0.15) is 29.8 Å². The van der Waals surface area contributed by atoms with Crippen LogP contribution in [-0.2, 0) is 5.60 Å². The zero-order valence-corrected chi connectivity index (χ0v) is 16.7. The summed E-state index contributed by atoms with van der Waals surface area (Å²) in [5.74, 6) is -1.74. The molecule has 9 heteroatoms. The molecular formula is C20H19F2N3O3S. The number of hydrogen-bond donors (Lipinski definition) is 3. The molecule has 6 nitrogen and oxygen atoms in total. The maximum Gasteiger partial charge on any atom is 0.251 e. The van der Waals surface area contributed by atoms with E-state index >= 15 is 0 Å². The van der Waals surface area contributed by atoms with Crippen molar-refractivity contribution in [1.29, 1.82) is 0 Å². The van der Waals surface area contributed by atoms with E-state index in [9.17, 15) is 18.7 Å². The number of benzene rings is 1. The summed E-state index contributed by atoms with van der Waals surface area (Å²) in [6.45, 7) is 2.86. The van der Waals surface area contributed by atoms with E-state index in [-0.39, 0.29) is 21.6 Å². The molecule has 0 unspecified atom stereocenters. The molecule has 4 N–H and O–H groups in total. The van der Waals surface area contributed by atoms with Gasteiger partial charge in [-0.15, -0.1) is 11.3 Å². The van der Waals surface area contributed by atoms with Gasteiger partial charge in [0.1, 0.15) is 22.5 Å². The van der Waals surface area contributed by atoms with Gasteiger partial charge >= 0.3 is 0 Å². The van der Waals surface area contributed by atoms with E-state index in [2.05, 4.69) is 10.3 Å². The SMILES string of the molecule is COc1cccc(Nc2sc(-c3c(F)cc(C(C)(C)O)cc3F)cc2C(N)=O)n1. The van der Waals surface area contributed by atoms with Crippen molar-refractivity contribution in [3.05, 3.63) is 59.2 Å². The number of rotatable bonds is 6. The number of thiophene rings is 1. The van der Waals surface area contributed by atoms with Crippen LogP contribution in [0.15, 0.2) is 36.4 Å². The van der Waals surface area contributed by atoms with Gasteiger partial charge in [0, 0.05) is 10.9 Å². The highest BCUT2D eigenvalue weighted by Crippen LogP contribution is 2.40. The lowest BCUT2D eigenvalue weighted by Gasteiger charge is -2.18. The Bertz CT molecular complexity index is 1050. The highest BCUT2D eigenvalue weighted by atomic mass is 32.1. The molecule has 152 valence electrons. The molecule has 0 aliphatic carbocycles. The monoisotopic (exact) mass is 419 g/mol. The summed E-state index contributed by atoms with van der Waals surface area (Å²) in [6, 6.07) is 8.45. The average Bonchev–Trinajstić information content (AvgIpc) is 3.04. The Kier molecular flexibility index (Phi) is 5.54. The molecule has 0 saturated carbocycles. The van der Waals surface area contributed by atoms with Gasteiger partial charge in [-0.3, -0.25) is 4.79 Å². The number of ether oxygens (including phenoxy) is 1. The second-order valence-corrected chi connectivity index (χ2v) is 7.83. The minimum Gasteiger partial charge on any atom is -0.481 e. The van der Waals surface area contributed by atoms with Crippen molar-refractivity contribution in [2.75, 3.05) is 12.4 Å². The fourth-order valence-corrected chi connectivity index (χ4v) is 3.79. The van der Waals surface area contributed by atoms with Crippen LogP contribution in [0.25, 0.3) is 10.4 Å². The average molecular weight is 419 g/mol. The normalized spacial score (nSPS) is 11.4. The zero-order valence-electron chi connectivity index (χ0n) is 15.9. The first-order valence-electron chi connectivity index (χ1n) is 8.54. The first kappa shape index (κ1) is 20.7. The number of hydrogen-bond acceptors (Lipinski definition) is 6. The maximum atomic E-state index is 14.7. The van der Waals surface area contributed by atoms with Crippen LogP contribution in [0.4, 0.5) is 19.6 Å². The van der Waals surface area contributed by atoms with Crippen LogP contribution in [0, 0.1) is 11.6 Å². The number of nitrogens with two attached hydrogens (primary N) is 1. The molecule has 0 spiro atoms. The molecule has 0 bridgehead atoms. The van der Waals surface area contributed by atoms with Crippen molar-refractivity contribution in [3.8, 4) is 16.3 Å². The van der Waals surface area contributed by atoms with Crippen LogP contribution in [0.3, 0.4) is 0 Å². The van der Waals surface area contributed by atoms with E-state index in [0.29, 0.717) is 16.7 Å². The molecule has 1 aromatic carbocycles. The summed E-state index contributed by atoms with van der Waals surface area (Å²) in [7, 11) is 1.47. The van der Waals surface area contributed by atoms with E-state index in [1.54, 1.807) is 18.2 Å². The number of nitrogens with zero attached hydrogens (tertiary/aromatic N) is 1. The second-order valence-electron chi connectivity index (χ2n) is 6.78. The Morgan fingerprint density at radius 3 is 2.45 bits per heavy atom. The summed E-state index contributed by atoms with van der Waals surface area (Å²) in [5, 5.41) is 13.2. The number of carbonyl (C=O) groups is 1. The number of amides is 1. The minimum absolute atomic E-state index is 0.0694. The molecule has 0 atom stereocenters. The lowest BCUT2D eigenvalue weighted by atomic mass is 9.96. The first-order chi connectivity index (χ1) is 13.6. The number of carbonyl (C=O) groups excluding carboxylic acids is 1. The summed E-state index contributed by atoms with van der Waals surface area (Å²) >= 11 is 0.956. The molecule has 1 amide bonds. The Hall–Kier alpha value is -3.04. The topological polar surface area (TPSA) is 97.5 Å². The molecule has 2 heterocycles. The summed E-state index contributed by atoms with van der Waals surface area (Å²) in [6.07, 6.45) is 0. The molecule has 0 fully saturated rings. The van der Waals surface area contributed by atoms with Crippen LogP contribution >= 0.6 is 11.3 Å². The van der Waals surface area contributed by atoms with Crippen molar-refractivity contribution in [1.82, 2.24) is 4.98 Å². The highest BCUT2D eigenvalue weighted by Gasteiger charge is 2.24. The first-order valence-corrected chi connectivity index (χ1v) is 9.35. The number of halogens is 2. The minimum atomic E-state index is -1.40. The van der Waals surface area contributed by atoms with E-state index in [0.717, 1.165) is 23.5 Å². The maximum absolute atomic E-state index is 14.7. The molecule has 0 saturated heterocycles. The Balaban J connectivity index is 2.06. The molecule has 0 aliphatic rings. The lowest BCUT2D eigenvalue weighted by molar-refractivity contribution is 0.0778. The quantitative estimate of drug-likeness (QED) is 0.557. The van der Waals surface area contributed by atoms with Crippen LogP contribution in [0.5, 0.6) is 5.88 Å². The number of aromatic nitrogens is 1. The summed E-state index contributed by atoms with van der Waals surface area (Å²) in [4.78, 5) is 16.2. The third-order valence-corrected chi connectivity index (χ3v) is 5.23. The van der Waals surface area contributed by atoms with Gasteiger partial charge in [-0.1, -0.05) is 6.07 Å². The van der Waals surface area contributed by atoms with E-state index in [4.69, 9.17) is 10.5 Å². The molecule has 29 heavy (non-hydrogen) atoms. The van der Waals surface area contributed by atoms with E-state index in [1.807, 2.05) is 0 Å². The van der Waals surface area contributed by atoms with Crippen molar-refractivity contribution in [3.63, 3.8) is 0 Å². The van der Waals surface area contributed by atoms with Crippen molar-refractivity contribution in [2.24, 2.45) is 5.73 Å². The van der Waals surface area contributed by atoms with Gasteiger partial charge < -0.3 is 20.9 Å². The fourth-order valence-electron chi connectivity index (χ4n) is 2.67. The van der Waals surface area contributed by atoms with E-state index in [1.165, 1.54) is 27.0 Å². The van der Waals surface area contributed by atoms with Gasteiger partial charge in [-0.2, -0.15) is 4.98 Å². The summed E-state index contributed by atoms with van der Waals surface area (Å²) < 4.78 is 34.4. The molecule has 0 aliphatic heterocycles. The molecule has 0 radical (unpaired) electrons. The highest BCUT2D eigenvalue weighted by molar-refractivity contribution is 7.20. The molecule has 3 aromatic rings. The smallest absolute Gasteiger partial charge is 0.251 e. The number of aliphatic hydroxyl groups is 1. The Morgan fingerprint density at radius 1 is 1.24 bits per heavy atom. The summed E-state index contributed by atoms with van der Waals surface area (Å²) in [5.41, 5.74) is 3.89. The third-order valence-electron chi connectivity index (χ3n) is 4.17. The predicted octanol–water partition coefficient (Wildman–Crippen LogP) is 4.17. The molecule has 3 rings (SSSR count). The van der Waals surface area contributed by atoms with Gasteiger partial charge in [-0.05, 0) is 43.7 Å². The van der Waals surface area contributed by atoms with E-state index < -0.39 is 23.1 Å². The van der Waals surface area contributed by atoms with Crippen LogP contribution < -0.4 is 15.8 Å². The number of nitrogens with one attached hydrogen (secondary N) is 1. The van der Waals surface area contributed by atoms with Gasteiger partial charge in [0.25, 0.3) is 5.91 Å². The lowest BCUT2D eigenvalue weighted by Crippen LogP contribution is -2.16. The van der Waals surface area contributed by atoms with Crippen molar-refractivity contribution in [2.45, 2.75) is 19.4 Å². The van der Waals surface area contributed by atoms with Gasteiger partial charge in [0.15, 0.2) is 0 Å². The van der Waals surface area contributed by atoms with Crippen molar-refractivity contribution < 1.29 is 23.4 Å². The Morgan fingerprint density at radius 2 is 1.90 bits per heavy atom. The zero-order chi connectivity index (χ0) is 21.3. The standard InChI is InChI=1S/C20H19F2N3O3S/c1-20(2,27)10-7-12(21)17(13(22)8-10)14-9-11(18(23)26)19(29-14)25-15-5-4-6-16(24-15)28-3/h4-9,27H,1-3H3,(H2,23,26)(H,24,25). The van der Waals surface area contributed by atoms with Crippen LogP contribution in [0.2, 0.25) is 0 Å². The predicted molar refractivity (Wildman–Crippen MR) is 108 cm³/mol. The largest absolute Gasteiger partial charge is 0.481 e. The fraction of sp³-hybridized carbons (Fsp3) is 0.200. The van der Waals surface area contributed by atoms with Crippen LogP contribution in [-0.4, -0.2) is 23.1 Å². The third kappa shape index (κ3) is 4.36. The molecular weight excluding hydrogens is 400 g/mol. The van der Waals surface area contributed by atoms with Gasteiger partial charge in [-0.25, -0.2) is 8.78 Å². The second kappa shape index (κ2) is 7.76. The van der Waals surface area contributed by atoms with Gasteiger partial charge in [0.05, 0.1) is 23.8 Å². The van der Waals surface area contributed by atoms with Gasteiger partial charge in [0.2, 0.25) is 5.88 Å². The number of pyridine rings is 1. The Labute approximate surface area is 170 Å².